The van der Waals surface area contributed by atoms with Gasteiger partial charge in [0.15, 0.2) is 0 Å². The lowest BCUT2D eigenvalue weighted by atomic mass is 9.88. The van der Waals surface area contributed by atoms with Crippen LogP contribution in [0.3, 0.4) is 0 Å². The fraction of sp³-hybridized carbons (Fsp3) is 0.667. The molecule has 1 unspecified atom stereocenters. The zero-order chi connectivity index (χ0) is 20.6. The van der Waals surface area contributed by atoms with Crippen LogP contribution in [-0.2, 0) is 4.79 Å². The van der Waals surface area contributed by atoms with E-state index in [0.29, 0.717) is 17.8 Å². The Balaban J connectivity index is 1.35. The standard InChI is InChI=1S/C21H28F3N3O2/c1-25-18(10-12-2-3-12)20(28)27-17-9-8-15-16(17)11-26-19(15)13-4-6-14(7-5-13)29-21(22,23)24/h4-7,12,15-19,25-26H,2-3,8-11H2,1H3,(H,27,28)/t15-,16-,17-,18-,19?/m0/s1. The molecule has 0 bridgehead atoms. The predicted octanol–water partition coefficient (Wildman–Crippen LogP) is 3.13. The maximum absolute atomic E-state index is 12.7. The van der Waals surface area contributed by atoms with E-state index in [9.17, 15) is 18.0 Å². The summed E-state index contributed by atoms with van der Waals surface area (Å²) < 4.78 is 41.0. The Morgan fingerprint density at radius 2 is 1.90 bits per heavy atom. The Labute approximate surface area is 168 Å². The molecule has 3 aliphatic rings. The molecule has 0 radical (unpaired) electrons. The molecule has 160 valence electrons. The molecule has 1 heterocycles. The molecular formula is C21H28F3N3O2. The summed E-state index contributed by atoms with van der Waals surface area (Å²) in [5, 5.41) is 9.90. The minimum atomic E-state index is -4.68. The Morgan fingerprint density at radius 1 is 1.17 bits per heavy atom. The summed E-state index contributed by atoms with van der Waals surface area (Å²) in [6, 6.07) is 6.22. The third-order valence-corrected chi connectivity index (χ3v) is 6.61. The second-order valence-corrected chi connectivity index (χ2v) is 8.54. The average Bonchev–Trinajstić information content (AvgIpc) is 3.26. The van der Waals surface area contributed by atoms with Crippen LogP contribution in [0.5, 0.6) is 5.75 Å². The van der Waals surface area contributed by atoms with E-state index >= 15 is 0 Å². The SMILES string of the molecule is CN[C@@H](CC1CC1)C(=O)N[C@H]1CC[C@@H]2C(c3ccc(OC(F)(F)F)cc3)NC[C@H]12. The molecule has 1 amide bonds. The third-order valence-electron chi connectivity index (χ3n) is 6.61. The second-order valence-electron chi connectivity index (χ2n) is 8.54. The van der Waals surface area contributed by atoms with Gasteiger partial charge in [0.2, 0.25) is 5.91 Å². The van der Waals surface area contributed by atoms with Crippen LogP contribution in [0.2, 0.25) is 0 Å². The second kappa shape index (κ2) is 8.14. The van der Waals surface area contributed by atoms with E-state index in [-0.39, 0.29) is 29.8 Å². The van der Waals surface area contributed by atoms with Crippen molar-refractivity contribution in [3.63, 3.8) is 0 Å². The van der Waals surface area contributed by atoms with Crippen molar-refractivity contribution in [1.82, 2.24) is 16.0 Å². The van der Waals surface area contributed by atoms with Crippen LogP contribution in [0, 0.1) is 17.8 Å². The number of ether oxygens (including phenoxy) is 1. The molecule has 5 atom stereocenters. The van der Waals surface area contributed by atoms with E-state index in [1.165, 1.54) is 25.0 Å². The molecule has 0 aromatic heterocycles. The number of likely N-dealkylation sites (N-methyl/N-ethyl adjacent to an activating group) is 1. The Kier molecular flexibility index (Phi) is 5.75. The van der Waals surface area contributed by atoms with E-state index in [2.05, 4.69) is 20.7 Å². The largest absolute Gasteiger partial charge is 0.573 e. The zero-order valence-corrected chi connectivity index (χ0v) is 16.5. The number of rotatable bonds is 7. The van der Waals surface area contributed by atoms with Gasteiger partial charge < -0.3 is 20.7 Å². The Hall–Kier alpha value is -1.80. The van der Waals surface area contributed by atoms with Gasteiger partial charge in [0.25, 0.3) is 0 Å². The Morgan fingerprint density at radius 3 is 2.52 bits per heavy atom. The average molecular weight is 411 g/mol. The lowest BCUT2D eigenvalue weighted by Crippen LogP contribution is -2.48. The monoisotopic (exact) mass is 411 g/mol. The van der Waals surface area contributed by atoms with E-state index < -0.39 is 6.36 Å². The highest BCUT2D eigenvalue weighted by Crippen LogP contribution is 2.45. The van der Waals surface area contributed by atoms with Gasteiger partial charge in [0.1, 0.15) is 5.75 Å². The quantitative estimate of drug-likeness (QED) is 0.645. The van der Waals surface area contributed by atoms with Gasteiger partial charge in [-0.3, -0.25) is 4.79 Å². The molecule has 4 rings (SSSR count). The molecule has 1 aromatic carbocycles. The summed E-state index contributed by atoms with van der Waals surface area (Å²) in [6.45, 7) is 0.800. The first kappa shape index (κ1) is 20.5. The molecule has 3 N–H and O–H groups in total. The normalized spacial score (nSPS) is 30.1. The van der Waals surface area contributed by atoms with Crippen molar-refractivity contribution >= 4 is 5.91 Å². The topological polar surface area (TPSA) is 62.4 Å². The van der Waals surface area contributed by atoms with Crippen LogP contribution in [-0.4, -0.2) is 37.9 Å². The number of hydrogen-bond acceptors (Lipinski definition) is 4. The van der Waals surface area contributed by atoms with E-state index in [1.807, 2.05) is 7.05 Å². The van der Waals surface area contributed by atoms with Crippen LogP contribution in [0.4, 0.5) is 13.2 Å². The lowest BCUT2D eigenvalue weighted by Gasteiger charge is -2.23. The lowest BCUT2D eigenvalue weighted by molar-refractivity contribution is -0.274. The van der Waals surface area contributed by atoms with Gasteiger partial charge in [-0.2, -0.15) is 0 Å². The predicted molar refractivity (Wildman–Crippen MR) is 102 cm³/mol. The van der Waals surface area contributed by atoms with Gasteiger partial charge in [-0.15, -0.1) is 13.2 Å². The Bertz CT molecular complexity index is 721. The smallest absolute Gasteiger partial charge is 0.406 e. The molecule has 3 fully saturated rings. The van der Waals surface area contributed by atoms with Gasteiger partial charge in [0, 0.05) is 18.6 Å². The number of hydrogen-bond donors (Lipinski definition) is 3. The summed E-state index contributed by atoms with van der Waals surface area (Å²) in [5.41, 5.74) is 0.959. The van der Waals surface area contributed by atoms with Gasteiger partial charge in [-0.05, 0) is 61.8 Å². The highest BCUT2D eigenvalue weighted by Gasteiger charge is 2.46. The summed E-state index contributed by atoms with van der Waals surface area (Å²) in [5.74, 6) is 1.26. The van der Waals surface area contributed by atoms with E-state index in [4.69, 9.17) is 0 Å². The van der Waals surface area contributed by atoms with Crippen molar-refractivity contribution in [2.24, 2.45) is 17.8 Å². The van der Waals surface area contributed by atoms with Crippen LogP contribution in [0.1, 0.15) is 43.7 Å². The molecule has 1 saturated heterocycles. The molecule has 0 spiro atoms. The number of alkyl halides is 3. The van der Waals surface area contributed by atoms with E-state index in [0.717, 1.165) is 31.4 Å². The number of fused-ring (bicyclic) bond motifs is 1. The third kappa shape index (κ3) is 4.86. The van der Waals surface area contributed by atoms with Crippen molar-refractivity contribution in [2.75, 3.05) is 13.6 Å². The van der Waals surface area contributed by atoms with Crippen LogP contribution in [0.15, 0.2) is 24.3 Å². The molecule has 2 aliphatic carbocycles. The molecule has 29 heavy (non-hydrogen) atoms. The maximum Gasteiger partial charge on any atom is 0.573 e. The minimum Gasteiger partial charge on any atom is -0.406 e. The molecular weight excluding hydrogens is 383 g/mol. The fourth-order valence-electron chi connectivity index (χ4n) is 4.97. The van der Waals surface area contributed by atoms with Gasteiger partial charge in [-0.25, -0.2) is 0 Å². The first-order valence-electron chi connectivity index (χ1n) is 10.4. The first-order valence-corrected chi connectivity index (χ1v) is 10.4. The van der Waals surface area contributed by atoms with Crippen molar-refractivity contribution in [2.45, 2.75) is 56.6 Å². The first-order chi connectivity index (χ1) is 13.8. The maximum atomic E-state index is 12.7. The summed E-state index contributed by atoms with van der Waals surface area (Å²) in [4.78, 5) is 12.7. The number of amides is 1. The zero-order valence-electron chi connectivity index (χ0n) is 16.5. The highest BCUT2D eigenvalue weighted by molar-refractivity contribution is 5.82. The summed E-state index contributed by atoms with van der Waals surface area (Å²) in [7, 11) is 1.84. The minimum absolute atomic E-state index is 0.0853. The number of carbonyl (C=O) groups is 1. The summed E-state index contributed by atoms with van der Waals surface area (Å²) in [6.07, 6.45) is 0.585. The molecule has 5 nitrogen and oxygen atoms in total. The number of nitrogens with one attached hydrogen (secondary N) is 3. The van der Waals surface area contributed by atoms with Crippen molar-refractivity contribution in [3.8, 4) is 5.75 Å². The van der Waals surface area contributed by atoms with E-state index in [1.54, 1.807) is 12.1 Å². The van der Waals surface area contributed by atoms with Crippen LogP contribution < -0.4 is 20.7 Å². The number of halogens is 3. The number of carbonyl (C=O) groups excluding carboxylic acids is 1. The summed E-state index contributed by atoms with van der Waals surface area (Å²) >= 11 is 0. The van der Waals surface area contributed by atoms with Crippen molar-refractivity contribution in [3.05, 3.63) is 29.8 Å². The molecule has 2 saturated carbocycles. The molecule has 1 aliphatic heterocycles. The van der Waals surface area contributed by atoms with Gasteiger partial charge >= 0.3 is 6.36 Å². The van der Waals surface area contributed by atoms with Crippen molar-refractivity contribution < 1.29 is 22.7 Å². The molecule has 1 aromatic rings. The van der Waals surface area contributed by atoms with Crippen LogP contribution >= 0.6 is 0 Å². The van der Waals surface area contributed by atoms with Crippen LogP contribution in [0.25, 0.3) is 0 Å². The number of benzene rings is 1. The van der Waals surface area contributed by atoms with Crippen molar-refractivity contribution in [1.29, 1.82) is 0 Å². The fourth-order valence-corrected chi connectivity index (χ4v) is 4.97. The van der Waals surface area contributed by atoms with Gasteiger partial charge in [-0.1, -0.05) is 25.0 Å². The molecule has 8 heteroatoms. The van der Waals surface area contributed by atoms with Gasteiger partial charge in [0.05, 0.1) is 6.04 Å². The highest BCUT2D eigenvalue weighted by atomic mass is 19.4.